The van der Waals surface area contributed by atoms with Crippen molar-refractivity contribution in [1.29, 1.82) is 0 Å². The molecule has 0 aromatic carbocycles. The molecule has 2 N–H and O–H groups in total. The number of amides is 1. The Morgan fingerprint density at radius 1 is 1.47 bits per heavy atom. The van der Waals surface area contributed by atoms with Crippen LogP contribution in [0.3, 0.4) is 0 Å². The molecule has 1 amide bonds. The highest BCUT2D eigenvalue weighted by Gasteiger charge is 2.37. The third-order valence-corrected chi connectivity index (χ3v) is 2.95. The van der Waals surface area contributed by atoms with Crippen molar-refractivity contribution in [2.24, 2.45) is 0 Å². The van der Waals surface area contributed by atoms with E-state index < -0.39 is 24.0 Å². The Kier molecular flexibility index (Phi) is 3.91. The third-order valence-electron chi connectivity index (χ3n) is 2.95. The summed E-state index contributed by atoms with van der Waals surface area (Å²) in [5.74, 6) is -1.52. The van der Waals surface area contributed by atoms with E-state index in [9.17, 15) is 14.7 Å². The number of aliphatic hydroxyl groups excluding tert-OH is 1. The van der Waals surface area contributed by atoms with Gasteiger partial charge in [0.25, 0.3) is 0 Å². The third kappa shape index (κ3) is 3.17. The average Bonchev–Trinajstić information content (AvgIpc) is 2.79. The molecule has 1 aliphatic rings. The molecule has 6 nitrogen and oxygen atoms in total. The minimum absolute atomic E-state index is 0.0488. The minimum Gasteiger partial charge on any atom is -0.480 e. The smallest absolute Gasteiger partial charge is 0.326 e. The van der Waals surface area contributed by atoms with E-state index in [1.807, 2.05) is 0 Å². The molecule has 1 aromatic heterocycles. The maximum absolute atomic E-state index is 11.9. The summed E-state index contributed by atoms with van der Waals surface area (Å²) in [5.41, 5.74) is 0.752. The number of hydrogen-bond donors (Lipinski definition) is 2. The van der Waals surface area contributed by atoms with Crippen molar-refractivity contribution in [2.75, 3.05) is 6.54 Å². The number of carboxylic acids is 1. The molecule has 0 spiro atoms. The number of aromatic nitrogens is 1. The highest BCUT2D eigenvalue weighted by atomic mass is 16.4. The molecule has 100 valence electrons. The number of nitrogens with zero attached hydrogens (tertiary/aromatic N) is 2. The van der Waals surface area contributed by atoms with Gasteiger partial charge in [0.1, 0.15) is 6.04 Å². The van der Waals surface area contributed by atoms with Gasteiger partial charge in [0.05, 0.1) is 6.10 Å². The second-order valence-electron chi connectivity index (χ2n) is 4.35. The zero-order valence-electron chi connectivity index (χ0n) is 10.1. The fourth-order valence-electron chi connectivity index (χ4n) is 2.03. The lowest BCUT2D eigenvalue weighted by Crippen LogP contribution is -2.39. The quantitative estimate of drug-likeness (QED) is 0.756. The van der Waals surface area contributed by atoms with Gasteiger partial charge in [-0.1, -0.05) is 6.07 Å². The number of likely N-dealkylation sites (tertiary alicyclic amines) is 1. The van der Waals surface area contributed by atoms with Gasteiger partial charge in [0.15, 0.2) is 0 Å². The maximum atomic E-state index is 11.9. The average molecular weight is 262 g/mol. The highest BCUT2D eigenvalue weighted by Crippen LogP contribution is 2.18. The Balaban J connectivity index is 2.07. The number of carbonyl (C=O) groups is 2. The van der Waals surface area contributed by atoms with Crippen LogP contribution in [0.1, 0.15) is 12.0 Å². The predicted molar refractivity (Wildman–Crippen MR) is 67.0 cm³/mol. The first-order chi connectivity index (χ1) is 9.08. The predicted octanol–water partition coefficient (Wildman–Crippen LogP) is 0.141. The normalized spacial score (nSPS) is 22.9. The second kappa shape index (κ2) is 5.62. The second-order valence-corrected chi connectivity index (χ2v) is 4.35. The molecular formula is C13H14N2O4. The van der Waals surface area contributed by atoms with Gasteiger partial charge in [-0.15, -0.1) is 0 Å². The van der Waals surface area contributed by atoms with Crippen molar-refractivity contribution in [3.8, 4) is 0 Å². The monoisotopic (exact) mass is 262 g/mol. The number of aliphatic hydroxyl groups is 1. The van der Waals surface area contributed by atoms with Crippen LogP contribution in [0.5, 0.6) is 0 Å². The van der Waals surface area contributed by atoms with Crippen LogP contribution in [-0.4, -0.2) is 50.7 Å². The molecule has 0 radical (unpaired) electrons. The zero-order chi connectivity index (χ0) is 13.8. The summed E-state index contributed by atoms with van der Waals surface area (Å²) in [4.78, 5) is 28.0. The van der Waals surface area contributed by atoms with Crippen molar-refractivity contribution >= 4 is 18.0 Å². The molecule has 0 saturated carbocycles. The van der Waals surface area contributed by atoms with E-state index in [1.54, 1.807) is 30.6 Å². The van der Waals surface area contributed by atoms with Crippen LogP contribution >= 0.6 is 0 Å². The summed E-state index contributed by atoms with van der Waals surface area (Å²) in [6.45, 7) is 0.0488. The number of carboxylic acid groups (broad SMARTS) is 1. The summed E-state index contributed by atoms with van der Waals surface area (Å²) in [7, 11) is 0. The Labute approximate surface area is 110 Å². The van der Waals surface area contributed by atoms with E-state index in [1.165, 1.54) is 11.0 Å². The molecule has 2 atom stereocenters. The molecule has 2 rings (SSSR count). The first-order valence-corrected chi connectivity index (χ1v) is 5.87. The molecule has 0 aliphatic carbocycles. The first-order valence-electron chi connectivity index (χ1n) is 5.87. The molecule has 1 saturated heterocycles. The standard InChI is InChI=1S/C13H14N2O4/c16-10-6-11(13(18)19)15(8-10)12(17)4-3-9-2-1-5-14-7-9/h1-5,7,10-11,16H,6,8H2,(H,18,19)/t10-,11-/m0/s1. The summed E-state index contributed by atoms with van der Waals surface area (Å²) in [6.07, 6.45) is 5.37. The zero-order valence-corrected chi connectivity index (χ0v) is 10.1. The topological polar surface area (TPSA) is 90.7 Å². The highest BCUT2D eigenvalue weighted by molar-refractivity contribution is 5.94. The number of rotatable bonds is 3. The van der Waals surface area contributed by atoms with Crippen molar-refractivity contribution < 1.29 is 19.8 Å². The van der Waals surface area contributed by atoms with Crippen LogP contribution in [-0.2, 0) is 9.59 Å². The molecule has 0 unspecified atom stereocenters. The maximum Gasteiger partial charge on any atom is 0.326 e. The lowest BCUT2D eigenvalue weighted by Gasteiger charge is -2.19. The van der Waals surface area contributed by atoms with Crippen molar-refractivity contribution in [2.45, 2.75) is 18.6 Å². The molecule has 19 heavy (non-hydrogen) atoms. The fraction of sp³-hybridized carbons (Fsp3) is 0.308. The van der Waals surface area contributed by atoms with Crippen LogP contribution in [0.4, 0.5) is 0 Å². The molecule has 1 fully saturated rings. The summed E-state index contributed by atoms with van der Waals surface area (Å²) < 4.78 is 0. The Bertz CT molecular complexity index is 501. The van der Waals surface area contributed by atoms with E-state index >= 15 is 0 Å². The van der Waals surface area contributed by atoms with Crippen LogP contribution < -0.4 is 0 Å². The van der Waals surface area contributed by atoms with Gasteiger partial charge in [-0.05, 0) is 17.7 Å². The number of β-amino-alcohol motifs (C(OH)–C–C–N with tert-alkyl or cyclic N) is 1. The van der Waals surface area contributed by atoms with Gasteiger partial charge in [-0.3, -0.25) is 9.78 Å². The molecule has 6 heteroatoms. The Morgan fingerprint density at radius 3 is 2.89 bits per heavy atom. The number of hydrogen-bond acceptors (Lipinski definition) is 4. The van der Waals surface area contributed by atoms with Gasteiger partial charge in [0.2, 0.25) is 5.91 Å². The lowest BCUT2D eigenvalue weighted by molar-refractivity contribution is -0.146. The first kappa shape index (κ1) is 13.2. The largest absolute Gasteiger partial charge is 0.480 e. The number of pyridine rings is 1. The van der Waals surface area contributed by atoms with Crippen LogP contribution in [0.2, 0.25) is 0 Å². The van der Waals surface area contributed by atoms with E-state index in [0.717, 1.165) is 5.56 Å². The van der Waals surface area contributed by atoms with Crippen molar-refractivity contribution in [1.82, 2.24) is 9.88 Å². The lowest BCUT2D eigenvalue weighted by atomic mass is 10.2. The Morgan fingerprint density at radius 2 is 2.26 bits per heavy atom. The molecule has 1 aliphatic heterocycles. The fourth-order valence-corrected chi connectivity index (χ4v) is 2.03. The van der Waals surface area contributed by atoms with Crippen molar-refractivity contribution in [3.63, 3.8) is 0 Å². The summed E-state index contributed by atoms with van der Waals surface area (Å²) in [6, 6.07) is 2.56. The van der Waals surface area contributed by atoms with Gasteiger partial charge >= 0.3 is 5.97 Å². The van der Waals surface area contributed by atoms with Gasteiger partial charge < -0.3 is 15.1 Å². The van der Waals surface area contributed by atoms with Crippen LogP contribution in [0.15, 0.2) is 30.6 Å². The SMILES string of the molecule is O=C(O)[C@@H]1C[C@H](O)CN1C(=O)C=Cc1cccnc1. The van der Waals surface area contributed by atoms with E-state index in [2.05, 4.69) is 4.98 Å². The van der Waals surface area contributed by atoms with Gasteiger partial charge in [-0.25, -0.2) is 4.79 Å². The minimum atomic E-state index is -1.10. The van der Waals surface area contributed by atoms with Crippen LogP contribution in [0.25, 0.3) is 6.08 Å². The molecule has 0 bridgehead atoms. The summed E-state index contributed by atoms with van der Waals surface area (Å²) in [5, 5.41) is 18.5. The molecular weight excluding hydrogens is 248 g/mol. The van der Waals surface area contributed by atoms with Gasteiger partial charge in [-0.2, -0.15) is 0 Å². The van der Waals surface area contributed by atoms with E-state index in [4.69, 9.17) is 5.11 Å². The summed E-state index contributed by atoms with van der Waals surface area (Å²) >= 11 is 0. The number of carbonyl (C=O) groups excluding carboxylic acids is 1. The molecule has 2 heterocycles. The number of aliphatic carboxylic acids is 1. The van der Waals surface area contributed by atoms with Crippen molar-refractivity contribution in [3.05, 3.63) is 36.2 Å². The van der Waals surface area contributed by atoms with Crippen LogP contribution in [0, 0.1) is 0 Å². The Hall–Kier alpha value is -2.21. The van der Waals surface area contributed by atoms with Gasteiger partial charge in [0, 0.05) is 31.4 Å². The van der Waals surface area contributed by atoms with E-state index in [-0.39, 0.29) is 13.0 Å². The molecule has 1 aromatic rings. The van der Waals surface area contributed by atoms with E-state index in [0.29, 0.717) is 0 Å².